The Morgan fingerprint density at radius 2 is 0.933 bits per heavy atom. The van der Waals surface area contributed by atoms with E-state index in [0.717, 1.165) is 43.2 Å². The maximum atomic E-state index is 13.0. The number of rotatable bonds is 4. The number of benzene rings is 4. The van der Waals surface area contributed by atoms with Crippen molar-refractivity contribution in [1.29, 1.82) is 0 Å². The summed E-state index contributed by atoms with van der Waals surface area (Å²) in [6, 6.07) is 27.6. The minimum atomic E-state index is 0.0138. The van der Waals surface area contributed by atoms with Gasteiger partial charge in [0.2, 0.25) is 0 Å². The fraction of sp³-hybridized carbons (Fsp3) is 0.0741. The van der Waals surface area contributed by atoms with Crippen LogP contribution in [0.3, 0.4) is 0 Å². The van der Waals surface area contributed by atoms with Crippen LogP contribution in [0.25, 0.3) is 22.3 Å². The van der Waals surface area contributed by atoms with Crippen LogP contribution in [0.2, 0.25) is 0 Å². The first-order chi connectivity index (χ1) is 14.5. The Labute approximate surface area is 188 Å². The van der Waals surface area contributed by atoms with Crippen LogP contribution < -0.4 is 0 Å². The number of hydrogen-bond acceptors (Lipinski definition) is 3. The lowest BCUT2D eigenvalue weighted by molar-refractivity contribution is 0.103. The molecule has 0 unspecified atom stereocenters. The van der Waals surface area contributed by atoms with Crippen LogP contribution >= 0.6 is 25.3 Å². The van der Waals surface area contributed by atoms with Crippen molar-refractivity contribution in [2.75, 3.05) is 0 Å². The van der Waals surface area contributed by atoms with Crippen molar-refractivity contribution in [2.24, 2.45) is 0 Å². The van der Waals surface area contributed by atoms with E-state index >= 15 is 0 Å². The molecule has 0 saturated carbocycles. The second-order valence-electron chi connectivity index (χ2n) is 7.42. The van der Waals surface area contributed by atoms with E-state index in [1.807, 2.05) is 72.8 Å². The van der Waals surface area contributed by atoms with Crippen LogP contribution in [0.5, 0.6) is 0 Å². The van der Waals surface area contributed by atoms with Crippen molar-refractivity contribution in [3.63, 3.8) is 0 Å². The number of hydrogen-bond donors (Lipinski definition) is 2. The van der Waals surface area contributed by atoms with Gasteiger partial charge in [0.1, 0.15) is 0 Å². The van der Waals surface area contributed by atoms with Gasteiger partial charge in [-0.15, -0.1) is 25.3 Å². The van der Waals surface area contributed by atoms with E-state index in [1.165, 1.54) is 0 Å². The first-order valence-corrected chi connectivity index (χ1v) is 10.7. The Hall–Kier alpha value is -2.75. The maximum absolute atomic E-state index is 13.0. The van der Waals surface area contributed by atoms with Gasteiger partial charge in [-0.05, 0) is 59.4 Å². The number of carbonyl (C=O) groups is 1. The molecule has 0 N–H and O–H groups in total. The Balaban J connectivity index is 1.61. The van der Waals surface area contributed by atoms with Gasteiger partial charge in [-0.3, -0.25) is 4.79 Å². The molecule has 0 aliphatic heterocycles. The van der Waals surface area contributed by atoms with Gasteiger partial charge in [0.15, 0.2) is 5.78 Å². The van der Waals surface area contributed by atoms with E-state index in [0.29, 0.717) is 11.1 Å². The Morgan fingerprint density at radius 1 is 0.567 bits per heavy atom. The van der Waals surface area contributed by atoms with Crippen molar-refractivity contribution < 1.29 is 4.79 Å². The van der Waals surface area contributed by atoms with Crippen LogP contribution in [-0.2, 0) is 0 Å². The summed E-state index contributed by atoms with van der Waals surface area (Å²) in [6.45, 7) is 4.14. The van der Waals surface area contributed by atoms with Crippen molar-refractivity contribution >= 4 is 31.0 Å². The van der Waals surface area contributed by atoms with E-state index in [-0.39, 0.29) is 5.78 Å². The smallest absolute Gasteiger partial charge is 0.193 e. The van der Waals surface area contributed by atoms with Gasteiger partial charge in [-0.25, -0.2) is 0 Å². The molecular formula is C27H22OS2. The lowest BCUT2D eigenvalue weighted by atomic mass is 9.95. The highest BCUT2D eigenvalue weighted by atomic mass is 32.1. The summed E-state index contributed by atoms with van der Waals surface area (Å²) in [5, 5.41) is 0. The molecule has 30 heavy (non-hydrogen) atoms. The van der Waals surface area contributed by atoms with E-state index in [1.54, 1.807) is 0 Å². The van der Waals surface area contributed by atoms with Crippen LogP contribution in [-0.4, -0.2) is 5.78 Å². The fourth-order valence-electron chi connectivity index (χ4n) is 3.80. The van der Waals surface area contributed by atoms with Gasteiger partial charge in [-0.2, -0.15) is 0 Å². The predicted molar refractivity (Wildman–Crippen MR) is 131 cm³/mol. The lowest BCUT2D eigenvalue weighted by Gasteiger charge is -2.11. The van der Waals surface area contributed by atoms with Gasteiger partial charge in [0.05, 0.1) is 0 Å². The minimum absolute atomic E-state index is 0.0138. The molecule has 0 spiro atoms. The van der Waals surface area contributed by atoms with E-state index in [2.05, 4.69) is 51.2 Å². The van der Waals surface area contributed by atoms with Crippen molar-refractivity contribution in [3.8, 4) is 22.3 Å². The van der Waals surface area contributed by atoms with Crippen molar-refractivity contribution in [1.82, 2.24) is 0 Å². The molecule has 0 aromatic heterocycles. The van der Waals surface area contributed by atoms with E-state index in [4.69, 9.17) is 0 Å². The highest BCUT2D eigenvalue weighted by Crippen LogP contribution is 2.32. The third-order valence-corrected chi connectivity index (χ3v) is 6.12. The van der Waals surface area contributed by atoms with Gasteiger partial charge in [-0.1, -0.05) is 72.8 Å². The molecule has 0 saturated heterocycles. The number of ketones is 1. The first kappa shape index (κ1) is 20.5. The molecule has 0 bridgehead atoms. The second kappa shape index (κ2) is 8.55. The van der Waals surface area contributed by atoms with E-state index in [9.17, 15) is 4.79 Å². The molecule has 0 atom stereocenters. The summed E-state index contributed by atoms with van der Waals surface area (Å²) in [4.78, 5) is 14.8. The highest BCUT2D eigenvalue weighted by molar-refractivity contribution is 7.80. The number of carbonyl (C=O) groups excluding carboxylic acids is 1. The number of aryl methyl sites for hydroxylation is 2. The third-order valence-electron chi connectivity index (χ3n) is 5.37. The second-order valence-corrected chi connectivity index (χ2v) is 8.39. The van der Waals surface area contributed by atoms with E-state index < -0.39 is 0 Å². The maximum Gasteiger partial charge on any atom is 0.193 e. The molecule has 0 radical (unpaired) electrons. The zero-order valence-corrected chi connectivity index (χ0v) is 18.7. The van der Waals surface area contributed by atoms with Crippen molar-refractivity contribution in [3.05, 3.63) is 107 Å². The monoisotopic (exact) mass is 426 g/mol. The molecule has 0 fully saturated rings. The molecule has 4 rings (SSSR count). The van der Waals surface area contributed by atoms with Crippen LogP contribution in [0.4, 0.5) is 0 Å². The highest BCUT2D eigenvalue weighted by Gasteiger charge is 2.12. The molecule has 4 aromatic rings. The predicted octanol–water partition coefficient (Wildman–Crippen LogP) is 7.45. The SMILES string of the molecule is Cc1cccc(S)c1-c1ccc(C(=O)c2ccc(-c3c(C)cccc3S)cc2)cc1. The van der Waals surface area contributed by atoms with Gasteiger partial charge in [0.25, 0.3) is 0 Å². The summed E-state index contributed by atoms with van der Waals surface area (Å²) in [5.41, 5.74) is 8.00. The normalized spacial score (nSPS) is 10.8. The minimum Gasteiger partial charge on any atom is -0.289 e. The first-order valence-electron chi connectivity index (χ1n) is 9.78. The van der Waals surface area contributed by atoms with Gasteiger partial charge in [0, 0.05) is 20.9 Å². The lowest BCUT2D eigenvalue weighted by Crippen LogP contribution is -2.01. The Bertz CT molecular complexity index is 1090. The molecule has 1 nitrogen and oxygen atoms in total. The molecule has 4 aromatic carbocycles. The molecule has 0 heterocycles. The zero-order valence-electron chi connectivity index (χ0n) is 16.9. The number of thiol groups is 2. The molecule has 0 aliphatic rings. The van der Waals surface area contributed by atoms with Gasteiger partial charge >= 0.3 is 0 Å². The third kappa shape index (κ3) is 3.96. The largest absolute Gasteiger partial charge is 0.289 e. The van der Waals surface area contributed by atoms with Crippen LogP contribution in [0.1, 0.15) is 27.0 Å². The average Bonchev–Trinajstić information content (AvgIpc) is 2.74. The van der Waals surface area contributed by atoms with Crippen LogP contribution in [0, 0.1) is 13.8 Å². The molecular weight excluding hydrogens is 404 g/mol. The summed E-state index contributed by atoms with van der Waals surface area (Å²) in [5.74, 6) is 0.0138. The zero-order chi connectivity index (χ0) is 21.3. The van der Waals surface area contributed by atoms with Crippen LogP contribution in [0.15, 0.2) is 94.7 Å². The Morgan fingerprint density at radius 3 is 1.27 bits per heavy atom. The standard InChI is InChI=1S/C27H22OS2/c1-17-5-3-7-23(29)25(17)19-9-13-21(14-10-19)27(28)22-15-11-20(12-16-22)26-18(2)6-4-8-24(26)30/h3-16,29-30H,1-2H3. The summed E-state index contributed by atoms with van der Waals surface area (Å²) >= 11 is 9.17. The Kier molecular flexibility index (Phi) is 5.85. The summed E-state index contributed by atoms with van der Waals surface area (Å²) < 4.78 is 0. The topological polar surface area (TPSA) is 17.1 Å². The summed E-state index contributed by atoms with van der Waals surface area (Å²) in [7, 11) is 0. The average molecular weight is 427 g/mol. The van der Waals surface area contributed by atoms with Gasteiger partial charge < -0.3 is 0 Å². The molecule has 0 amide bonds. The van der Waals surface area contributed by atoms with Crippen molar-refractivity contribution in [2.45, 2.75) is 23.6 Å². The summed E-state index contributed by atoms with van der Waals surface area (Å²) in [6.07, 6.45) is 0. The molecule has 148 valence electrons. The fourth-order valence-corrected chi connectivity index (χ4v) is 4.58. The molecule has 0 aliphatic carbocycles. The quantitative estimate of drug-likeness (QED) is 0.256. The molecule has 3 heteroatoms.